The molecule has 0 aliphatic heterocycles. The van der Waals surface area contributed by atoms with E-state index in [-0.39, 0.29) is 0 Å². The number of carbonyl (C=O) groups is 1. The number of aromatic nitrogens is 1. The molecule has 0 atom stereocenters. The third-order valence-corrected chi connectivity index (χ3v) is 2.52. The Kier molecular flexibility index (Phi) is 3.05. The molecule has 0 radical (unpaired) electrons. The molecule has 2 aromatic rings. The van der Waals surface area contributed by atoms with Crippen molar-refractivity contribution in [2.75, 3.05) is 0 Å². The molecule has 16 heavy (non-hydrogen) atoms. The number of H-pyrrole nitrogens is 1. The number of hydrogen-bond donors (Lipinski definition) is 2. The van der Waals surface area contributed by atoms with E-state index < -0.39 is 5.97 Å². The molecular weight excluding hydrogens is 202 g/mol. The number of benzene rings is 1. The molecular formula is C13H13NO2. The van der Waals surface area contributed by atoms with E-state index in [4.69, 9.17) is 5.11 Å². The van der Waals surface area contributed by atoms with Gasteiger partial charge in [0.2, 0.25) is 0 Å². The summed E-state index contributed by atoms with van der Waals surface area (Å²) in [6, 6.07) is 8.10. The van der Waals surface area contributed by atoms with Crippen molar-refractivity contribution >= 4 is 16.9 Å². The summed E-state index contributed by atoms with van der Waals surface area (Å²) in [4.78, 5) is 13.5. The SMILES string of the molecule is O=C(O)/C=C/CCc1c[nH]c2ccccc12. The van der Waals surface area contributed by atoms with Crippen LogP contribution >= 0.6 is 0 Å². The molecule has 2 rings (SSSR count). The lowest BCUT2D eigenvalue weighted by Crippen LogP contribution is -1.87. The number of rotatable bonds is 4. The maximum absolute atomic E-state index is 10.3. The van der Waals surface area contributed by atoms with Crippen LogP contribution in [0, 0.1) is 0 Å². The number of aliphatic carboxylic acids is 1. The van der Waals surface area contributed by atoms with Crippen molar-refractivity contribution in [3.8, 4) is 0 Å². The molecule has 0 saturated heterocycles. The topological polar surface area (TPSA) is 53.1 Å². The Labute approximate surface area is 93.4 Å². The normalized spacial score (nSPS) is 11.2. The van der Waals surface area contributed by atoms with Gasteiger partial charge in [0.05, 0.1) is 0 Å². The molecule has 82 valence electrons. The molecule has 3 heteroatoms. The van der Waals surface area contributed by atoms with Gasteiger partial charge in [-0.1, -0.05) is 24.3 Å². The van der Waals surface area contributed by atoms with Crippen LogP contribution in [0.25, 0.3) is 10.9 Å². The van der Waals surface area contributed by atoms with Crippen LogP contribution < -0.4 is 0 Å². The summed E-state index contributed by atoms with van der Waals surface area (Å²) in [6.45, 7) is 0. The van der Waals surface area contributed by atoms with Crippen LogP contribution in [-0.2, 0) is 11.2 Å². The van der Waals surface area contributed by atoms with E-state index in [0.29, 0.717) is 0 Å². The van der Waals surface area contributed by atoms with E-state index in [2.05, 4.69) is 11.1 Å². The summed E-state index contributed by atoms with van der Waals surface area (Å²) in [5, 5.41) is 9.66. The molecule has 1 aromatic carbocycles. The van der Waals surface area contributed by atoms with E-state index in [1.165, 1.54) is 17.0 Å². The van der Waals surface area contributed by atoms with Crippen molar-refractivity contribution in [1.82, 2.24) is 4.98 Å². The van der Waals surface area contributed by atoms with Crippen LogP contribution in [0.2, 0.25) is 0 Å². The Morgan fingerprint density at radius 3 is 3.00 bits per heavy atom. The molecule has 0 aliphatic carbocycles. The van der Waals surface area contributed by atoms with Crippen molar-refractivity contribution in [1.29, 1.82) is 0 Å². The molecule has 0 unspecified atom stereocenters. The Hall–Kier alpha value is -2.03. The first-order valence-corrected chi connectivity index (χ1v) is 5.22. The van der Waals surface area contributed by atoms with Gasteiger partial charge in [-0.25, -0.2) is 4.79 Å². The average Bonchev–Trinajstić information content (AvgIpc) is 2.68. The highest BCUT2D eigenvalue weighted by Crippen LogP contribution is 2.18. The summed E-state index contributed by atoms with van der Waals surface area (Å²) in [6.07, 6.45) is 6.46. The molecule has 0 fully saturated rings. The predicted molar refractivity (Wildman–Crippen MR) is 63.4 cm³/mol. The summed E-state index contributed by atoms with van der Waals surface area (Å²) in [5.41, 5.74) is 2.35. The van der Waals surface area contributed by atoms with Crippen LogP contribution in [0.15, 0.2) is 42.6 Å². The third-order valence-electron chi connectivity index (χ3n) is 2.52. The third kappa shape index (κ3) is 2.31. The van der Waals surface area contributed by atoms with Crippen LogP contribution in [-0.4, -0.2) is 16.1 Å². The first kappa shape index (κ1) is 10.5. The zero-order valence-electron chi connectivity index (χ0n) is 8.81. The quantitative estimate of drug-likeness (QED) is 0.770. The molecule has 0 saturated carbocycles. The molecule has 1 aromatic heterocycles. The average molecular weight is 215 g/mol. The first-order valence-electron chi connectivity index (χ1n) is 5.22. The number of aromatic amines is 1. The lowest BCUT2D eigenvalue weighted by atomic mass is 10.1. The number of aryl methyl sites for hydroxylation is 1. The van der Waals surface area contributed by atoms with Gasteiger partial charge in [-0.3, -0.25) is 0 Å². The molecule has 1 heterocycles. The monoisotopic (exact) mass is 215 g/mol. The molecule has 2 N–H and O–H groups in total. The van der Waals surface area contributed by atoms with Crippen molar-refractivity contribution in [2.24, 2.45) is 0 Å². The second kappa shape index (κ2) is 4.66. The minimum atomic E-state index is -0.890. The number of carboxylic acid groups (broad SMARTS) is 1. The standard InChI is InChI=1S/C13H13NO2/c15-13(16)8-4-1-5-10-9-14-12-7-3-2-6-11(10)12/h2-4,6-9,14H,1,5H2,(H,15,16)/b8-4+. The Bertz CT molecular complexity index is 525. The van der Waals surface area contributed by atoms with Crippen LogP contribution in [0.3, 0.4) is 0 Å². The highest BCUT2D eigenvalue weighted by atomic mass is 16.4. The second-order valence-corrected chi connectivity index (χ2v) is 3.64. The van der Waals surface area contributed by atoms with Gasteiger partial charge in [0.1, 0.15) is 0 Å². The number of fused-ring (bicyclic) bond motifs is 1. The maximum atomic E-state index is 10.3. The Morgan fingerprint density at radius 2 is 2.19 bits per heavy atom. The molecule has 0 spiro atoms. The number of para-hydroxylation sites is 1. The van der Waals surface area contributed by atoms with Gasteiger partial charge in [0.15, 0.2) is 0 Å². The zero-order valence-corrected chi connectivity index (χ0v) is 8.81. The van der Waals surface area contributed by atoms with E-state index in [0.717, 1.165) is 18.4 Å². The van der Waals surface area contributed by atoms with E-state index in [1.807, 2.05) is 24.4 Å². The lowest BCUT2D eigenvalue weighted by molar-refractivity contribution is -0.131. The van der Waals surface area contributed by atoms with Gasteiger partial charge in [0.25, 0.3) is 0 Å². The van der Waals surface area contributed by atoms with Gasteiger partial charge in [-0.2, -0.15) is 0 Å². The molecule has 3 nitrogen and oxygen atoms in total. The number of allylic oxidation sites excluding steroid dienone is 1. The van der Waals surface area contributed by atoms with Crippen molar-refractivity contribution in [2.45, 2.75) is 12.8 Å². The highest BCUT2D eigenvalue weighted by molar-refractivity contribution is 5.83. The lowest BCUT2D eigenvalue weighted by Gasteiger charge is -1.95. The fraction of sp³-hybridized carbons (Fsp3) is 0.154. The Morgan fingerprint density at radius 1 is 1.38 bits per heavy atom. The van der Waals surface area contributed by atoms with Gasteiger partial charge < -0.3 is 10.1 Å². The molecule has 0 amide bonds. The fourth-order valence-electron chi connectivity index (χ4n) is 1.76. The second-order valence-electron chi connectivity index (χ2n) is 3.64. The van der Waals surface area contributed by atoms with Crippen LogP contribution in [0.5, 0.6) is 0 Å². The summed E-state index contributed by atoms with van der Waals surface area (Å²) in [7, 11) is 0. The summed E-state index contributed by atoms with van der Waals surface area (Å²) in [5.74, 6) is -0.890. The minimum Gasteiger partial charge on any atom is -0.478 e. The van der Waals surface area contributed by atoms with Gasteiger partial charge >= 0.3 is 5.97 Å². The van der Waals surface area contributed by atoms with E-state index in [1.54, 1.807) is 6.08 Å². The largest absolute Gasteiger partial charge is 0.478 e. The highest BCUT2D eigenvalue weighted by Gasteiger charge is 2.00. The summed E-state index contributed by atoms with van der Waals surface area (Å²) < 4.78 is 0. The predicted octanol–water partition coefficient (Wildman–Crippen LogP) is 2.74. The van der Waals surface area contributed by atoms with Crippen molar-refractivity contribution in [3.05, 3.63) is 48.2 Å². The number of hydrogen-bond acceptors (Lipinski definition) is 1. The van der Waals surface area contributed by atoms with Crippen LogP contribution in [0.4, 0.5) is 0 Å². The van der Waals surface area contributed by atoms with Gasteiger partial charge in [-0.15, -0.1) is 0 Å². The van der Waals surface area contributed by atoms with Crippen LogP contribution in [0.1, 0.15) is 12.0 Å². The van der Waals surface area contributed by atoms with Gasteiger partial charge in [-0.05, 0) is 24.5 Å². The first-order chi connectivity index (χ1) is 7.77. The van der Waals surface area contributed by atoms with Crippen molar-refractivity contribution < 1.29 is 9.90 Å². The Balaban J connectivity index is 2.07. The summed E-state index contributed by atoms with van der Waals surface area (Å²) >= 11 is 0. The van der Waals surface area contributed by atoms with Gasteiger partial charge in [0, 0.05) is 23.2 Å². The molecule has 0 aliphatic rings. The minimum absolute atomic E-state index is 0.744. The smallest absolute Gasteiger partial charge is 0.327 e. The van der Waals surface area contributed by atoms with E-state index >= 15 is 0 Å². The molecule has 0 bridgehead atoms. The fourth-order valence-corrected chi connectivity index (χ4v) is 1.76. The zero-order chi connectivity index (χ0) is 11.4. The van der Waals surface area contributed by atoms with Crippen molar-refractivity contribution in [3.63, 3.8) is 0 Å². The maximum Gasteiger partial charge on any atom is 0.327 e. The number of nitrogens with one attached hydrogen (secondary N) is 1. The number of carboxylic acids is 1. The van der Waals surface area contributed by atoms with E-state index in [9.17, 15) is 4.79 Å².